The average Bonchev–Trinajstić information content (AvgIpc) is 2.87. The van der Waals surface area contributed by atoms with E-state index in [1.807, 2.05) is 60.7 Å². The highest BCUT2D eigenvalue weighted by Crippen LogP contribution is 2.22. The van der Waals surface area contributed by atoms with Gasteiger partial charge in [-0.3, -0.25) is 9.59 Å². The highest BCUT2D eigenvalue weighted by molar-refractivity contribution is 5.93. The van der Waals surface area contributed by atoms with Crippen LogP contribution in [0.5, 0.6) is 0 Å². The molecule has 0 N–H and O–H groups in total. The molecule has 2 amide bonds. The summed E-state index contributed by atoms with van der Waals surface area (Å²) in [5.74, 6) is -3.00. The van der Waals surface area contributed by atoms with E-state index < -0.39 is 48.0 Å². The molecule has 0 radical (unpaired) electrons. The van der Waals surface area contributed by atoms with Crippen molar-refractivity contribution in [1.29, 1.82) is 0 Å². The van der Waals surface area contributed by atoms with E-state index in [0.717, 1.165) is 11.1 Å². The quantitative estimate of drug-likeness (QED) is 0.541. The summed E-state index contributed by atoms with van der Waals surface area (Å²) >= 11 is 0. The molecule has 1 fully saturated rings. The number of likely N-dealkylation sites (N-methyl/N-ethyl adjacent to an activating group) is 2. The van der Waals surface area contributed by atoms with Crippen molar-refractivity contribution in [1.82, 2.24) is 9.80 Å². The number of hydrogen-bond donors (Lipinski definition) is 0. The van der Waals surface area contributed by atoms with Gasteiger partial charge in [-0.05, 0) is 23.0 Å². The van der Waals surface area contributed by atoms with Crippen LogP contribution in [0.15, 0.2) is 60.7 Å². The summed E-state index contributed by atoms with van der Waals surface area (Å²) in [6.07, 6.45) is -2.08. The molecular weight excluding hydrogens is 484 g/mol. The number of cyclic esters (lactones) is 2. The largest absolute Gasteiger partial charge is 0.450 e. The maximum Gasteiger partial charge on any atom is 0.329 e. The van der Waals surface area contributed by atoms with E-state index in [1.54, 1.807) is 27.7 Å². The Labute approximate surface area is 224 Å². The zero-order chi connectivity index (χ0) is 28.0. The molecule has 204 valence electrons. The maximum absolute atomic E-state index is 13.7. The Hall–Kier alpha value is -3.68. The molecule has 8 nitrogen and oxygen atoms in total. The van der Waals surface area contributed by atoms with Gasteiger partial charge in [-0.2, -0.15) is 0 Å². The molecule has 38 heavy (non-hydrogen) atoms. The smallest absolute Gasteiger partial charge is 0.329 e. The van der Waals surface area contributed by atoms with Crippen LogP contribution in [0, 0.1) is 11.8 Å². The van der Waals surface area contributed by atoms with Gasteiger partial charge < -0.3 is 19.3 Å². The summed E-state index contributed by atoms with van der Waals surface area (Å²) < 4.78 is 11.7. The van der Waals surface area contributed by atoms with E-state index >= 15 is 0 Å². The molecule has 4 unspecified atom stereocenters. The van der Waals surface area contributed by atoms with Crippen LogP contribution in [0.2, 0.25) is 0 Å². The molecule has 1 saturated heterocycles. The normalized spacial score (nSPS) is 23.7. The standard InChI is InChI=1S/C30H38N2O6/c1-19(2)25-29(35)37-24(18-22-15-11-8-12-16-22)28(34)32(6)26(20(3)4)30(36)38-23(27(33)31(25)5)17-21-13-9-7-10-14-21/h7-16,19-20,23-26H,17-18H2,1-6H3. The number of amides is 2. The van der Waals surface area contributed by atoms with Gasteiger partial charge in [0.2, 0.25) is 0 Å². The van der Waals surface area contributed by atoms with Crippen LogP contribution in [0.4, 0.5) is 0 Å². The van der Waals surface area contributed by atoms with E-state index in [2.05, 4.69) is 0 Å². The van der Waals surface area contributed by atoms with Crippen LogP contribution in [0.3, 0.4) is 0 Å². The molecule has 8 heteroatoms. The van der Waals surface area contributed by atoms with Crippen molar-refractivity contribution < 1.29 is 28.7 Å². The lowest BCUT2D eigenvalue weighted by Gasteiger charge is -2.37. The third kappa shape index (κ3) is 6.79. The Morgan fingerprint density at radius 2 is 0.921 bits per heavy atom. The van der Waals surface area contributed by atoms with Crippen molar-refractivity contribution in [3.63, 3.8) is 0 Å². The number of carbonyl (C=O) groups is 4. The Kier molecular flexibility index (Phi) is 9.66. The summed E-state index contributed by atoms with van der Waals surface area (Å²) in [6.45, 7) is 7.20. The fourth-order valence-corrected chi connectivity index (χ4v) is 4.92. The van der Waals surface area contributed by atoms with Crippen LogP contribution in [-0.2, 0) is 41.5 Å². The molecule has 2 aromatic carbocycles. The third-order valence-corrected chi connectivity index (χ3v) is 6.87. The molecule has 1 aliphatic rings. The predicted molar refractivity (Wildman–Crippen MR) is 143 cm³/mol. The van der Waals surface area contributed by atoms with Crippen molar-refractivity contribution in [2.45, 2.75) is 64.8 Å². The van der Waals surface area contributed by atoms with E-state index in [9.17, 15) is 19.2 Å². The first-order chi connectivity index (χ1) is 18.0. The Morgan fingerprint density at radius 1 is 0.605 bits per heavy atom. The average molecular weight is 523 g/mol. The van der Waals surface area contributed by atoms with E-state index in [4.69, 9.17) is 9.47 Å². The Balaban J connectivity index is 2.06. The lowest BCUT2D eigenvalue weighted by Crippen LogP contribution is -2.57. The first-order valence-corrected chi connectivity index (χ1v) is 13.0. The summed E-state index contributed by atoms with van der Waals surface area (Å²) in [4.78, 5) is 57.1. The van der Waals surface area contributed by atoms with Gasteiger partial charge in [0.05, 0.1) is 0 Å². The van der Waals surface area contributed by atoms with Gasteiger partial charge in [0.15, 0.2) is 12.2 Å². The molecule has 0 spiro atoms. The van der Waals surface area contributed by atoms with Gasteiger partial charge in [-0.1, -0.05) is 88.4 Å². The number of benzene rings is 2. The molecule has 0 bridgehead atoms. The predicted octanol–water partition coefficient (Wildman–Crippen LogP) is 3.28. The summed E-state index contributed by atoms with van der Waals surface area (Å²) in [5.41, 5.74) is 1.60. The topological polar surface area (TPSA) is 93.2 Å². The zero-order valence-electron chi connectivity index (χ0n) is 23.0. The number of nitrogens with zero attached hydrogens (tertiary/aromatic N) is 2. The molecule has 2 aromatic rings. The van der Waals surface area contributed by atoms with Crippen molar-refractivity contribution in [3.8, 4) is 0 Å². The molecular formula is C30H38N2O6. The lowest BCUT2D eigenvalue weighted by molar-refractivity contribution is -0.178. The molecule has 4 atom stereocenters. The molecule has 0 aliphatic carbocycles. The first kappa shape index (κ1) is 28.9. The van der Waals surface area contributed by atoms with Crippen molar-refractivity contribution >= 4 is 23.8 Å². The van der Waals surface area contributed by atoms with Gasteiger partial charge in [0.25, 0.3) is 11.8 Å². The number of esters is 2. The highest BCUT2D eigenvalue weighted by Gasteiger charge is 2.43. The second-order valence-corrected chi connectivity index (χ2v) is 10.5. The molecule has 1 heterocycles. The summed E-state index contributed by atoms with van der Waals surface area (Å²) in [7, 11) is 3.01. The number of rotatable bonds is 6. The van der Waals surface area contributed by atoms with Crippen LogP contribution in [-0.4, -0.2) is 71.9 Å². The molecule has 3 rings (SSSR count). The second-order valence-electron chi connectivity index (χ2n) is 10.5. The van der Waals surface area contributed by atoms with Gasteiger partial charge >= 0.3 is 11.9 Å². The number of hydrogen-bond acceptors (Lipinski definition) is 6. The first-order valence-electron chi connectivity index (χ1n) is 13.0. The van der Waals surface area contributed by atoms with E-state index in [1.165, 1.54) is 23.9 Å². The summed E-state index contributed by atoms with van der Waals surface area (Å²) in [5, 5.41) is 0. The second kappa shape index (κ2) is 12.7. The van der Waals surface area contributed by atoms with E-state index in [0.29, 0.717) is 0 Å². The van der Waals surface area contributed by atoms with Crippen LogP contribution in [0.25, 0.3) is 0 Å². The highest BCUT2D eigenvalue weighted by atomic mass is 16.6. The van der Waals surface area contributed by atoms with Crippen molar-refractivity contribution in [2.24, 2.45) is 11.8 Å². The Morgan fingerprint density at radius 3 is 1.21 bits per heavy atom. The van der Waals surface area contributed by atoms with Crippen molar-refractivity contribution in [2.75, 3.05) is 14.1 Å². The number of carbonyl (C=O) groups excluding carboxylic acids is 4. The Bertz CT molecular complexity index is 1030. The van der Waals surface area contributed by atoms with Crippen LogP contribution >= 0.6 is 0 Å². The molecule has 0 aromatic heterocycles. The monoisotopic (exact) mass is 522 g/mol. The van der Waals surface area contributed by atoms with E-state index in [-0.39, 0.29) is 24.7 Å². The minimum absolute atomic E-state index is 0.134. The zero-order valence-corrected chi connectivity index (χ0v) is 23.0. The number of ether oxygens (including phenoxy) is 2. The molecule has 0 saturated carbocycles. The molecule has 1 aliphatic heterocycles. The van der Waals surface area contributed by atoms with Crippen molar-refractivity contribution in [3.05, 3.63) is 71.8 Å². The third-order valence-electron chi connectivity index (χ3n) is 6.87. The van der Waals surface area contributed by atoms with Crippen LogP contribution < -0.4 is 0 Å². The minimum atomic E-state index is -1.17. The fourth-order valence-electron chi connectivity index (χ4n) is 4.92. The SMILES string of the molecule is CC(C)C1C(=O)OC(Cc2ccccc2)C(=O)N(C)C(C(C)C)C(=O)OC(Cc2ccccc2)C(=O)N1C. The minimum Gasteiger partial charge on any atom is -0.450 e. The lowest BCUT2D eigenvalue weighted by atomic mass is 9.98. The summed E-state index contributed by atoms with van der Waals surface area (Å²) in [6, 6.07) is 16.5. The fraction of sp³-hybridized carbons (Fsp3) is 0.467. The maximum atomic E-state index is 13.7. The van der Waals surface area contributed by atoms with Gasteiger partial charge in [-0.15, -0.1) is 0 Å². The van der Waals surface area contributed by atoms with Crippen LogP contribution in [0.1, 0.15) is 38.8 Å². The van der Waals surface area contributed by atoms with Gasteiger partial charge in [-0.25, -0.2) is 9.59 Å². The van der Waals surface area contributed by atoms with Gasteiger partial charge in [0, 0.05) is 26.9 Å². The van der Waals surface area contributed by atoms with Gasteiger partial charge in [0.1, 0.15) is 12.1 Å².